The van der Waals surface area contributed by atoms with Crippen LogP contribution in [0.3, 0.4) is 0 Å². The van der Waals surface area contributed by atoms with Crippen molar-refractivity contribution < 1.29 is 18.8 Å². The predicted octanol–water partition coefficient (Wildman–Crippen LogP) is 3.54. The summed E-state index contributed by atoms with van der Waals surface area (Å²) in [5.74, 6) is 0.813. The Bertz CT molecular complexity index is 856. The predicted molar refractivity (Wildman–Crippen MR) is 98.1 cm³/mol. The topological polar surface area (TPSA) is 62.0 Å². The van der Waals surface area contributed by atoms with Gasteiger partial charge in [-0.2, -0.15) is 0 Å². The molecule has 1 aromatic heterocycles. The first kappa shape index (κ1) is 18.1. The van der Waals surface area contributed by atoms with Crippen molar-refractivity contribution >= 4 is 24.6 Å². The van der Waals surface area contributed by atoms with Crippen LogP contribution in [0.15, 0.2) is 36.5 Å². The Labute approximate surface area is 153 Å². The maximum atomic E-state index is 11.6. The number of aldehydes is 1. The quantitative estimate of drug-likeness (QED) is 0.480. The molecule has 1 fully saturated rings. The normalized spacial score (nSPS) is 17.6. The van der Waals surface area contributed by atoms with Crippen molar-refractivity contribution in [2.24, 2.45) is 0 Å². The minimum absolute atomic E-state index is 0.345. The molecule has 7 heteroatoms. The van der Waals surface area contributed by atoms with Crippen LogP contribution in [0, 0.1) is 6.57 Å². The van der Waals surface area contributed by atoms with E-state index >= 15 is 0 Å². The average Bonchev–Trinajstić information content (AvgIpc) is 2.83. The van der Waals surface area contributed by atoms with Crippen molar-refractivity contribution in [2.75, 3.05) is 0 Å². The lowest BCUT2D eigenvalue weighted by Gasteiger charge is -2.32. The van der Waals surface area contributed by atoms with E-state index < -0.39 is 18.3 Å². The van der Waals surface area contributed by atoms with Gasteiger partial charge in [0.15, 0.2) is 0 Å². The fourth-order valence-corrected chi connectivity index (χ4v) is 2.52. The molecule has 0 unspecified atom stereocenters. The molecule has 0 aliphatic carbocycles. The van der Waals surface area contributed by atoms with Crippen LogP contribution in [0.25, 0.3) is 4.85 Å². The van der Waals surface area contributed by atoms with E-state index in [1.807, 2.05) is 27.7 Å². The number of pyridine rings is 1. The summed E-state index contributed by atoms with van der Waals surface area (Å²) in [4.78, 5) is 18.9. The van der Waals surface area contributed by atoms with Crippen LogP contribution in [0.5, 0.6) is 11.6 Å². The zero-order valence-corrected chi connectivity index (χ0v) is 15.1. The second kappa shape index (κ2) is 6.56. The van der Waals surface area contributed by atoms with Gasteiger partial charge in [-0.1, -0.05) is 6.07 Å². The molecular weight excluding hydrogens is 331 g/mol. The van der Waals surface area contributed by atoms with Crippen LogP contribution in [0.4, 0.5) is 5.69 Å². The van der Waals surface area contributed by atoms with Gasteiger partial charge < -0.3 is 14.0 Å². The van der Waals surface area contributed by atoms with E-state index in [0.717, 1.165) is 6.29 Å². The SMILES string of the molecule is [C-]#[N+]c1ccc(Oc2ccc(B3OC(C)(C)C(C)(C)O3)c(C=O)c2)nc1. The Morgan fingerprint density at radius 3 is 2.38 bits per heavy atom. The molecule has 6 nitrogen and oxygen atoms in total. The van der Waals surface area contributed by atoms with Gasteiger partial charge in [-0.25, -0.2) is 9.83 Å². The van der Waals surface area contributed by atoms with E-state index in [4.69, 9.17) is 20.6 Å². The molecule has 3 rings (SSSR count). The van der Waals surface area contributed by atoms with E-state index in [9.17, 15) is 4.79 Å². The average molecular weight is 350 g/mol. The standard InChI is InChI=1S/C19H19BN2O4/c1-18(2)19(3,4)26-20(25-18)16-8-7-15(10-13(16)12-23)24-17-9-6-14(21-5)11-22-17/h6-12H,1-4H3. The van der Waals surface area contributed by atoms with E-state index in [-0.39, 0.29) is 0 Å². The minimum Gasteiger partial charge on any atom is -0.439 e. The molecule has 132 valence electrons. The Morgan fingerprint density at radius 1 is 1.15 bits per heavy atom. The van der Waals surface area contributed by atoms with Crippen molar-refractivity contribution in [2.45, 2.75) is 38.9 Å². The number of ether oxygens (including phenoxy) is 1. The fraction of sp³-hybridized carbons (Fsp3) is 0.316. The second-order valence-corrected chi connectivity index (χ2v) is 7.07. The highest BCUT2D eigenvalue weighted by Crippen LogP contribution is 2.36. The first-order chi connectivity index (χ1) is 12.3. The second-order valence-electron chi connectivity index (χ2n) is 7.07. The first-order valence-corrected chi connectivity index (χ1v) is 8.22. The molecule has 0 N–H and O–H groups in total. The number of nitrogens with zero attached hydrogens (tertiary/aromatic N) is 2. The van der Waals surface area contributed by atoms with Gasteiger partial charge in [-0.05, 0) is 57.4 Å². The van der Waals surface area contributed by atoms with Crippen molar-refractivity contribution in [1.82, 2.24) is 4.98 Å². The Kier molecular flexibility index (Phi) is 4.57. The van der Waals surface area contributed by atoms with Crippen LogP contribution in [-0.4, -0.2) is 29.6 Å². The maximum Gasteiger partial charge on any atom is 0.495 e. The van der Waals surface area contributed by atoms with Crippen LogP contribution in [0.2, 0.25) is 0 Å². The summed E-state index contributed by atoms with van der Waals surface area (Å²) in [6.45, 7) is 14.8. The number of hydrogen-bond donors (Lipinski definition) is 0. The summed E-state index contributed by atoms with van der Waals surface area (Å²) < 4.78 is 17.7. The van der Waals surface area contributed by atoms with E-state index in [0.29, 0.717) is 28.3 Å². The lowest BCUT2D eigenvalue weighted by atomic mass is 9.76. The van der Waals surface area contributed by atoms with Gasteiger partial charge in [0, 0.05) is 11.8 Å². The summed E-state index contributed by atoms with van der Waals surface area (Å²) in [7, 11) is -0.620. The van der Waals surface area contributed by atoms with Crippen LogP contribution < -0.4 is 10.2 Å². The molecule has 2 heterocycles. The molecule has 2 aromatic rings. The minimum atomic E-state index is -0.620. The molecule has 1 aliphatic rings. The molecule has 0 spiro atoms. The molecule has 0 amide bonds. The van der Waals surface area contributed by atoms with Gasteiger partial charge >= 0.3 is 7.12 Å². The number of hydrogen-bond acceptors (Lipinski definition) is 5. The number of benzene rings is 1. The van der Waals surface area contributed by atoms with Gasteiger partial charge in [0.2, 0.25) is 11.6 Å². The molecule has 0 atom stereocenters. The number of carbonyl (C=O) groups is 1. The molecule has 0 radical (unpaired) electrons. The third kappa shape index (κ3) is 3.34. The Morgan fingerprint density at radius 2 is 1.85 bits per heavy atom. The summed E-state index contributed by atoms with van der Waals surface area (Å²) >= 11 is 0. The van der Waals surface area contributed by atoms with Crippen LogP contribution in [-0.2, 0) is 9.31 Å². The summed E-state index contributed by atoms with van der Waals surface area (Å²) in [6.07, 6.45) is 2.18. The Balaban J connectivity index is 1.84. The summed E-state index contributed by atoms with van der Waals surface area (Å²) in [6, 6.07) is 8.34. The lowest BCUT2D eigenvalue weighted by Crippen LogP contribution is -2.41. The zero-order valence-electron chi connectivity index (χ0n) is 15.1. The van der Waals surface area contributed by atoms with Crippen LogP contribution in [0.1, 0.15) is 38.1 Å². The van der Waals surface area contributed by atoms with Gasteiger partial charge in [-0.15, -0.1) is 0 Å². The first-order valence-electron chi connectivity index (χ1n) is 8.22. The monoisotopic (exact) mass is 350 g/mol. The highest BCUT2D eigenvalue weighted by Gasteiger charge is 2.52. The van der Waals surface area contributed by atoms with E-state index in [2.05, 4.69) is 9.83 Å². The zero-order chi connectivity index (χ0) is 18.9. The van der Waals surface area contributed by atoms with Gasteiger partial charge in [0.1, 0.15) is 12.0 Å². The number of aromatic nitrogens is 1. The third-order valence-corrected chi connectivity index (χ3v) is 4.76. The highest BCUT2D eigenvalue weighted by molar-refractivity contribution is 6.63. The summed E-state index contributed by atoms with van der Waals surface area (Å²) in [5.41, 5.74) is 0.548. The van der Waals surface area contributed by atoms with Crippen LogP contribution >= 0.6 is 0 Å². The molecule has 0 bridgehead atoms. The van der Waals surface area contributed by atoms with Crippen molar-refractivity contribution in [1.29, 1.82) is 0 Å². The largest absolute Gasteiger partial charge is 0.495 e. The molecule has 1 aromatic carbocycles. The van der Waals surface area contributed by atoms with Gasteiger partial charge in [0.05, 0.1) is 17.8 Å². The van der Waals surface area contributed by atoms with E-state index in [1.54, 1.807) is 30.3 Å². The molecule has 0 saturated carbocycles. The van der Waals surface area contributed by atoms with E-state index in [1.165, 1.54) is 6.20 Å². The molecular formula is C19H19BN2O4. The molecule has 1 aliphatic heterocycles. The summed E-state index contributed by atoms with van der Waals surface area (Å²) in [5, 5.41) is 0. The van der Waals surface area contributed by atoms with Crippen molar-refractivity contribution in [3.05, 3.63) is 53.5 Å². The lowest BCUT2D eigenvalue weighted by molar-refractivity contribution is 0.00578. The highest BCUT2D eigenvalue weighted by atomic mass is 16.7. The molecule has 1 saturated heterocycles. The number of carbonyl (C=O) groups excluding carboxylic acids is 1. The fourth-order valence-electron chi connectivity index (χ4n) is 2.52. The maximum absolute atomic E-state index is 11.6. The van der Waals surface area contributed by atoms with Crippen molar-refractivity contribution in [3.8, 4) is 11.6 Å². The van der Waals surface area contributed by atoms with Gasteiger partial charge in [0.25, 0.3) is 0 Å². The smallest absolute Gasteiger partial charge is 0.439 e. The van der Waals surface area contributed by atoms with Gasteiger partial charge in [-0.3, -0.25) is 4.79 Å². The Hall–Kier alpha value is -2.69. The number of rotatable bonds is 4. The van der Waals surface area contributed by atoms with Crippen molar-refractivity contribution in [3.63, 3.8) is 0 Å². The third-order valence-electron chi connectivity index (χ3n) is 4.76. The molecule has 26 heavy (non-hydrogen) atoms.